The summed E-state index contributed by atoms with van der Waals surface area (Å²) in [4.78, 5) is 39.0. The summed E-state index contributed by atoms with van der Waals surface area (Å²) in [5, 5.41) is 14.9. The van der Waals surface area contributed by atoms with Crippen LogP contribution in [0.5, 0.6) is 0 Å². The molecule has 0 aromatic heterocycles. The number of hydrogen-bond acceptors (Lipinski definition) is 6. The van der Waals surface area contributed by atoms with Gasteiger partial charge in [-0.15, -0.1) is 0 Å². The Labute approximate surface area is 249 Å². The minimum Gasteiger partial charge on any atom is -0.352 e. The Morgan fingerprint density at radius 3 is 2.29 bits per heavy atom. The van der Waals surface area contributed by atoms with E-state index in [9.17, 15) is 28.1 Å². The molecule has 0 fully saturated rings. The zero-order valence-electron chi connectivity index (χ0n) is 22.7. The van der Waals surface area contributed by atoms with E-state index >= 15 is 0 Å². The van der Waals surface area contributed by atoms with Crippen molar-refractivity contribution < 1.29 is 22.9 Å². The fourth-order valence-corrected chi connectivity index (χ4v) is 5.79. The number of carbonyl (C=O) groups excluding carboxylic acids is 2. The van der Waals surface area contributed by atoms with Gasteiger partial charge in [-0.3, -0.25) is 24.0 Å². The van der Waals surface area contributed by atoms with Crippen molar-refractivity contribution in [3.63, 3.8) is 0 Å². The van der Waals surface area contributed by atoms with E-state index in [0.717, 1.165) is 10.4 Å². The van der Waals surface area contributed by atoms with E-state index in [1.54, 1.807) is 18.2 Å². The predicted octanol–water partition coefficient (Wildman–Crippen LogP) is 5.43. The first-order chi connectivity index (χ1) is 19.3. The molecule has 0 heterocycles. The monoisotopic (exact) mass is 620 g/mol. The molecule has 2 amide bonds. The molecule has 0 saturated carbocycles. The third kappa shape index (κ3) is 7.96. The third-order valence-corrected chi connectivity index (χ3v) is 8.84. The standard InChI is InChI=1S/C28H30Cl2N4O6S/c1-4-19(2)31-28(36)20(3)32(17-21-13-14-22(29)15-26(21)30)27(35)18-33(23-9-8-10-24(16-23)34(37)38)41(39,40)25-11-6-5-7-12-25/h5-16,19-20H,4,17-18H2,1-3H3,(H,31,36)/t19-,20+/m0/s1. The van der Waals surface area contributed by atoms with Crippen LogP contribution in [0.1, 0.15) is 32.8 Å². The molecule has 3 aromatic rings. The average Bonchev–Trinajstić information content (AvgIpc) is 2.95. The fourth-order valence-electron chi connectivity index (χ4n) is 3.89. The Balaban J connectivity index is 2.08. The van der Waals surface area contributed by atoms with Crippen LogP contribution in [0.15, 0.2) is 77.7 Å². The van der Waals surface area contributed by atoms with Crippen LogP contribution in [0.2, 0.25) is 10.0 Å². The Bertz CT molecular complexity index is 1520. The van der Waals surface area contributed by atoms with Gasteiger partial charge in [-0.25, -0.2) is 8.42 Å². The quantitative estimate of drug-likeness (QED) is 0.212. The van der Waals surface area contributed by atoms with E-state index < -0.39 is 39.3 Å². The van der Waals surface area contributed by atoms with Crippen LogP contribution in [-0.4, -0.2) is 48.7 Å². The highest BCUT2D eigenvalue weighted by molar-refractivity contribution is 7.92. The molecular formula is C28H30Cl2N4O6S. The number of nitrogens with zero attached hydrogens (tertiary/aromatic N) is 3. The Morgan fingerprint density at radius 1 is 1.00 bits per heavy atom. The van der Waals surface area contributed by atoms with Crippen molar-refractivity contribution in [3.05, 3.63) is 98.5 Å². The van der Waals surface area contributed by atoms with Crippen LogP contribution in [0, 0.1) is 10.1 Å². The number of halogens is 2. The lowest BCUT2D eigenvalue weighted by Gasteiger charge is -2.32. The molecule has 0 aliphatic carbocycles. The van der Waals surface area contributed by atoms with Crippen LogP contribution in [0.3, 0.4) is 0 Å². The summed E-state index contributed by atoms with van der Waals surface area (Å²) >= 11 is 12.4. The van der Waals surface area contributed by atoms with E-state index in [2.05, 4.69) is 5.32 Å². The van der Waals surface area contributed by atoms with Crippen molar-refractivity contribution in [1.82, 2.24) is 10.2 Å². The molecule has 0 bridgehead atoms. The molecule has 10 nitrogen and oxygen atoms in total. The van der Waals surface area contributed by atoms with Gasteiger partial charge in [0.1, 0.15) is 12.6 Å². The second-order valence-electron chi connectivity index (χ2n) is 9.35. The molecule has 0 aliphatic heterocycles. The van der Waals surface area contributed by atoms with Crippen molar-refractivity contribution >= 4 is 56.4 Å². The van der Waals surface area contributed by atoms with E-state index in [1.165, 1.54) is 60.4 Å². The highest BCUT2D eigenvalue weighted by atomic mass is 35.5. The number of benzene rings is 3. The first-order valence-electron chi connectivity index (χ1n) is 12.7. The molecule has 0 radical (unpaired) electrons. The van der Waals surface area contributed by atoms with Crippen molar-refractivity contribution in [1.29, 1.82) is 0 Å². The van der Waals surface area contributed by atoms with Crippen LogP contribution >= 0.6 is 23.2 Å². The van der Waals surface area contributed by atoms with Crippen molar-refractivity contribution in [3.8, 4) is 0 Å². The number of rotatable bonds is 12. The lowest BCUT2D eigenvalue weighted by Crippen LogP contribution is -2.52. The molecule has 3 aromatic carbocycles. The smallest absolute Gasteiger partial charge is 0.271 e. The number of hydrogen-bond donors (Lipinski definition) is 1. The zero-order valence-corrected chi connectivity index (χ0v) is 25.0. The highest BCUT2D eigenvalue weighted by Crippen LogP contribution is 2.28. The van der Waals surface area contributed by atoms with E-state index in [0.29, 0.717) is 17.0 Å². The summed E-state index contributed by atoms with van der Waals surface area (Å²) < 4.78 is 28.4. The van der Waals surface area contributed by atoms with Gasteiger partial charge in [0.25, 0.3) is 15.7 Å². The average molecular weight is 622 g/mol. The number of carbonyl (C=O) groups is 2. The molecule has 218 valence electrons. The summed E-state index contributed by atoms with van der Waals surface area (Å²) in [5.74, 6) is -1.17. The van der Waals surface area contributed by atoms with Gasteiger partial charge in [0.2, 0.25) is 11.8 Å². The first-order valence-corrected chi connectivity index (χ1v) is 14.9. The number of amides is 2. The van der Waals surface area contributed by atoms with E-state index in [1.807, 2.05) is 13.8 Å². The first kappa shape index (κ1) is 31.9. The number of nitro benzene ring substituents is 1. The topological polar surface area (TPSA) is 130 Å². The molecule has 0 spiro atoms. The molecule has 1 N–H and O–H groups in total. The molecule has 0 unspecified atom stereocenters. The molecule has 13 heteroatoms. The number of nitro groups is 1. The minimum absolute atomic E-state index is 0.0856. The maximum Gasteiger partial charge on any atom is 0.271 e. The minimum atomic E-state index is -4.36. The van der Waals surface area contributed by atoms with E-state index in [-0.39, 0.29) is 33.9 Å². The lowest BCUT2D eigenvalue weighted by molar-refractivity contribution is -0.384. The molecular weight excluding hydrogens is 591 g/mol. The lowest BCUT2D eigenvalue weighted by atomic mass is 10.1. The van der Waals surface area contributed by atoms with Crippen molar-refractivity contribution in [2.75, 3.05) is 10.8 Å². The normalized spacial score (nSPS) is 12.7. The Kier molecular flexibility index (Phi) is 10.7. The number of anilines is 1. The van der Waals surface area contributed by atoms with Gasteiger partial charge in [-0.2, -0.15) is 0 Å². The second kappa shape index (κ2) is 13.8. The van der Waals surface area contributed by atoms with Gasteiger partial charge in [0, 0.05) is 34.8 Å². The van der Waals surface area contributed by atoms with E-state index in [4.69, 9.17) is 23.2 Å². The Hall–Kier alpha value is -3.67. The van der Waals surface area contributed by atoms with Gasteiger partial charge in [-0.1, -0.05) is 60.5 Å². The number of sulfonamides is 1. The molecule has 41 heavy (non-hydrogen) atoms. The summed E-state index contributed by atoms with van der Waals surface area (Å²) in [7, 11) is -4.36. The van der Waals surface area contributed by atoms with Crippen LogP contribution in [-0.2, 0) is 26.2 Å². The maximum absolute atomic E-state index is 13.9. The Morgan fingerprint density at radius 2 is 1.68 bits per heavy atom. The summed E-state index contributed by atoms with van der Waals surface area (Å²) in [6, 6.07) is 15.9. The molecule has 0 saturated heterocycles. The summed E-state index contributed by atoms with van der Waals surface area (Å²) in [6.45, 7) is 4.38. The van der Waals surface area contributed by atoms with Crippen molar-refractivity contribution in [2.24, 2.45) is 0 Å². The highest BCUT2D eigenvalue weighted by Gasteiger charge is 2.33. The van der Waals surface area contributed by atoms with Crippen LogP contribution < -0.4 is 9.62 Å². The molecule has 0 aliphatic rings. The van der Waals surface area contributed by atoms with Gasteiger partial charge in [0.15, 0.2) is 0 Å². The van der Waals surface area contributed by atoms with Gasteiger partial charge in [-0.05, 0) is 56.2 Å². The summed E-state index contributed by atoms with van der Waals surface area (Å²) in [5.41, 5.74) is 0.0484. The largest absolute Gasteiger partial charge is 0.352 e. The fraction of sp³-hybridized carbons (Fsp3) is 0.286. The third-order valence-electron chi connectivity index (χ3n) is 6.46. The predicted molar refractivity (Wildman–Crippen MR) is 158 cm³/mol. The van der Waals surface area contributed by atoms with Crippen molar-refractivity contribution in [2.45, 2.75) is 50.7 Å². The van der Waals surface area contributed by atoms with Gasteiger partial charge >= 0.3 is 0 Å². The molecule has 3 rings (SSSR count). The zero-order chi connectivity index (χ0) is 30.3. The van der Waals surface area contributed by atoms with Gasteiger partial charge in [0.05, 0.1) is 15.5 Å². The SMILES string of the molecule is CC[C@H](C)NC(=O)[C@@H](C)N(Cc1ccc(Cl)cc1Cl)C(=O)CN(c1cccc([N+](=O)[O-])c1)S(=O)(=O)c1ccccc1. The number of non-ortho nitro benzene ring substituents is 1. The van der Waals surface area contributed by atoms with Crippen LogP contribution in [0.25, 0.3) is 0 Å². The second-order valence-corrected chi connectivity index (χ2v) is 12.1. The number of nitrogens with one attached hydrogen (secondary N) is 1. The maximum atomic E-state index is 13.9. The van der Waals surface area contributed by atoms with Crippen LogP contribution in [0.4, 0.5) is 11.4 Å². The van der Waals surface area contributed by atoms with Gasteiger partial charge < -0.3 is 10.2 Å². The summed E-state index contributed by atoms with van der Waals surface area (Å²) in [6.07, 6.45) is 0.658. The molecule has 2 atom stereocenters.